The van der Waals surface area contributed by atoms with Crippen molar-refractivity contribution in [3.63, 3.8) is 0 Å². The number of carboxylic acid groups (broad SMARTS) is 1. The fraction of sp³-hybridized carbons (Fsp3) is 0.521. The highest BCUT2D eigenvalue weighted by Crippen LogP contribution is 2.43. The molecule has 0 spiro atoms. The molecule has 0 aliphatic rings. The normalized spacial score (nSPS) is 14.9. The highest BCUT2D eigenvalue weighted by Gasteiger charge is 2.28. The Bertz CT molecular complexity index is 1470. The van der Waals surface area contributed by atoms with E-state index in [4.69, 9.17) is 24.8 Å². The van der Waals surface area contributed by atoms with Gasteiger partial charge in [-0.15, -0.1) is 0 Å². The van der Waals surface area contributed by atoms with Gasteiger partial charge < -0.3 is 25.2 Å². The zero-order valence-corrected chi connectivity index (χ0v) is 37.1. The van der Waals surface area contributed by atoms with Crippen molar-refractivity contribution in [3.8, 4) is 0 Å². The number of ether oxygens (including phenoxy) is 2. The first kappa shape index (κ1) is 55.9. The van der Waals surface area contributed by atoms with Crippen molar-refractivity contribution in [1.82, 2.24) is 0 Å². The molecule has 0 aromatic heterocycles. The molecular weight excluding hydrogens is 781 g/mol. The summed E-state index contributed by atoms with van der Waals surface area (Å²) in [6.45, 7) is 2.50. The molecule has 4 N–H and O–H groups in total. The maximum atomic E-state index is 12.6. The first-order valence-corrected chi connectivity index (χ1v) is 23.1. The van der Waals surface area contributed by atoms with Gasteiger partial charge in [0, 0.05) is 12.8 Å². The molecule has 0 aromatic carbocycles. The van der Waals surface area contributed by atoms with E-state index in [0.29, 0.717) is 19.3 Å². The molecule has 60 heavy (non-hydrogen) atoms. The lowest BCUT2D eigenvalue weighted by Crippen LogP contribution is -2.34. The number of nitrogens with two attached hydrogens (primary N) is 1. The summed E-state index contributed by atoms with van der Waals surface area (Å²) in [5.41, 5.74) is 5.32. The monoisotopic (exact) mass is 856 g/mol. The molecule has 0 aliphatic heterocycles. The predicted octanol–water partition coefficient (Wildman–Crippen LogP) is 11.6. The number of allylic oxidation sites excluding steroid dienone is 20. The maximum Gasteiger partial charge on any atom is 0.472 e. The number of carboxylic acids is 1. The molecule has 0 saturated carbocycles. The Morgan fingerprint density at radius 1 is 0.533 bits per heavy atom. The maximum absolute atomic E-state index is 12.6. The molecule has 0 fully saturated rings. The van der Waals surface area contributed by atoms with Crippen molar-refractivity contribution in [2.75, 3.05) is 19.8 Å². The van der Waals surface area contributed by atoms with Crippen molar-refractivity contribution < 1.29 is 47.5 Å². The molecule has 0 saturated heterocycles. The number of aliphatic carboxylic acids is 1. The summed E-state index contributed by atoms with van der Waals surface area (Å²) in [5.74, 6) is -2.58. The van der Waals surface area contributed by atoms with Gasteiger partial charge in [-0.25, -0.2) is 4.57 Å². The molecule has 0 amide bonds. The number of phosphoric acid groups is 1. The molecule has 336 valence electrons. The molecule has 3 atom stereocenters. The van der Waals surface area contributed by atoms with Crippen LogP contribution in [0.3, 0.4) is 0 Å². The van der Waals surface area contributed by atoms with Gasteiger partial charge in [-0.1, -0.05) is 148 Å². The van der Waals surface area contributed by atoms with Crippen LogP contribution in [-0.4, -0.2) is 59.9 Å². The quantitative estimate of drug-likeness (QED) is 0.0233. The summed E-state index contributed by atoms with van der Waals surface area (Å²) in [6, 6.07) is -1.55. The Kier molecular flexibility index (Phi) is 38.8. The first-order valence-electron chi connectivity index (χ1n) is 21.6. The van der Waals surface area contributed by atoms with Gasteiger partial charge in [-0.2, -0.15) is 0 Å². The van der Waals surface area contributed by atoms with Gasteiger partial charge in [0.1, 0.15) is 12.6 Å². The number of hydrogen-bond donors (Lipinski definition) is 3. The van der Waals surface area contributed by atoms with Crippen molar-refractivity contribution in [3.05, 3.63) is 122 Å². The number of phosphoric ester groups is 1. The van der Waals surface area contributed by atoms with Crippen LogP contribution >= 0.6 is 7.82 Å². The Hall–Kier alpha value is -4.12. The molecular formula is C48H74NO10P. The van der Waals surface area contributed by atoms with Crippen LogP contribution in [0.4, 0.5) is 0 Å². The summed E-state index contributed by atoms with van der Waals surface area (Å²) >= 11 is 0. The number of unbranched alkanes of at least 4 members (excludes halogenated alkanes) is 4. The minimum atomic E-state index is -4.76. The lowest BCUT2D eigenvalue weighted by atomic mass is 10.2. The molecule has 0 radical (unpaired) electrons. The number of rotatable bonds is 38. The number of carbonyl (C=O) groups excluding carboxylic acids is 2. The van der Waals surface area contributed by atoms with E-state index in [1.807, 2.05) is 24.3 Å². The fourth-order valence-corrected chi connectivity index (χ4v) is 5.62. The molecule has 0 aliphatic carbocycles. The summed E-state index contributed by atoms with van der Waals surface area (Å²) < 4.78 is 32.5. The third-order valence-corrected chi connectivity index (χ3v) is 9.16. The highest BCUT2D eigenvalue weighted by molar-refractivity contribution is 7.47. The van der Waals surface area contributed by atoms with E-state index in [0.717, 1.165) is 64.2 Å². The SMILES string of the molecule is CCC=CCC=CCC=CCC=CCC=CCC=CCCC(=O)OC[C@H](COP(=O)(O)OC[C@H](N)C(=O)O)OC(=O)CCCC=CCC=CCC=CCC=CCCCCC. The Labute approximate surface area is 360 Å². The number of carbonyl (C=O) groups is 3. The average molecular weight is 856 g/mol. The highest BCUT2D eigenvalue weighted by atomic mass is 31.2. The van der Waals surface area contributed by atoms with Crippen LogP contribution in [0, 0.1) is 0 Å². The minimum absolute atomic E-state index is 0.0614. The van der Waals surface area contributed by atoms with Gasteiger partial charge in [-0.3, -0.25) is 23.4 Å². The summed E-state index contributed by atoms with van der Waals surface area (Å²) in [6.07, 6.45) is 55.7. The van der Waals surface area contributed by atoms with Gasteiger partial charge in [-0.05, 0) is 89.9 Å². The fourth-order valence-electron chi connectivity index (χ4n) is 4.85. The molecule has 12 heteroatoms. The van der Waals surface area contributed by atoms with Crippen LogP contribution in [0.5, 0.6) is 0 Å². The molecule has 0 aromatic rings. The van der Waals surface area contributed by atoms with E-state index in [2.05, 4.69) is 116 Å². The van der Waals surface area contributed by atoms with Crippen LogP contribution in [0.1, 0.15) is 129 Å². The van der Waals surface area contributed by atoms with Crippen LogP contribution in [0.15, 0.2) is 122 Å². The van der Waals surface area contributed by atoms with Gasteiger partial charge in [0.05, 0.1) is 13.2 Å². The van der Waals surface area contributed by atoms with Crippen LogP contribution < -0.4 is 5.73 Å². The van der Waals surface area contributed by atoms with Crippen LogP contribution in [-0.2, 0) is 37.5 Å². The van der Waals surface area contributed by atoms with Crippen molar-refractivity contribution in [2.45, 2.75) is 142 Å². The third kappa shape index (κ3) is 40.7. The van der Waals surface area contributed by atoms with Gasteiger partial charge >= 0.3 is 25.7 Å². The van der Waals surface area contributed by atoms with E-state index in [9.17, 15) is 23.8 Å². The van der Waals surface area contributed by atoms with E-state index < -0.39 is 57.7 Å². The van der Waals surface area contributed by atoms with Crippen LogP contribution in [0.25, 0.3) is 0 Å². The average Bonchev–Trinajstić information content (AvgIpc) is 3.22. The predicted molar refractivity (Wildman–Crippen MR) is 244 cm³/mol. The van der Waals surface area contributed by atoms with E-state index in [1.165, 1.54) is 19.3 Å². The summed E-state index contributed by atoms with van der Waals surface area (Å²) in [7, 11) is -4.76. The molecule has 1 unspecified atom stereocenters. The molecule has 0 rings (SSSR count). The zero-order chi connectivity index (χ0) is 44.2. The largest absolute Gasteiger partial charge is 0.480 e. The van der Waals surface area contributed by atoms with Gasteiger partial charge in [0.2, 0.25) is 0 Å². The zero-order valence-electron chi connectivity index (χ0n) is 36.2. The van der Waals surface area contributed by atoms with Crippen LogP contribution in [0.2, 0.25) is 0 Å². The first-order chi connectivity index (χ1) is 29.1. The second-order valence-electron chi connectivity index (χ2n) is 13.7. The van der Waals surface area contributed by atoms with Crippen molar-refractivity contribution in [2.24, 2.45) is 5.73 Å². The standard InChI is InChI=1S/C48H74NO10P/c1-3-5-7-9-11-13-15-17-19-21-22-24-25-27-29-31-33-35-37-39-46(50)56-41-44(42-57-60(54,55)58-43-45(49)48(52)53)59-47(51)40-38-36-34-32-30-28-26-23-20-18-16-14-12-10-8-6-4-2/h5,7,11-14,17-20,22,24,26-29,32-35,44-45H,3-4,6,8-10,15-16,21,23,25,30-31,36-43,49H2,1-2H3,(H,52,53)(H,54,55)/t44-,45+/m1/s1. The summed E-state index contributed by atoms with van der Waals surface area (Å²) in [5, 5.41) is 8.89. The Morgan fingerprint density at radius 3 is 1.40 bits per heavy atom. The molecule has 0 heterocycles. The van der Waals surface area contributed by atoms with E-state index in [1.54, 1.807) is 0 Å². The Morgan fingerprint density at radius 2 is 0.950 bits per heavy atom. The van der Waals surface area contributed by atoms with Gasteiger partial charge in [0.15, 0.2) is 6.10 Å². The molecule has 11 nitrogen and oxygen atoms in total. The topological polar surface area (TPSA) is 172 Å². The smallest absolute Gasteiger partial charge is 0.472 e. The van der Waals surface area contributed by atoms with Crippen molar-refractivity contribution in [1.29, 1.82) is 0 Å². The number of hydrogen-bond acceptors (Lipinski definition) is 9. The second kappa shape index (κ2) is 41.6. The van der Waals surface area contributed by atoms with E-state index in [-0.39, 0.29) is 12.8 Å². The van der Waals surface area contributed by atoms with Gasteiger partial charge in [0.25, 0.3) is 0 Å². The third-order valence-electron chi connectivity index (χ3n) is 8.21. The Balaban J connectivity index is 4.61. The second-order valence-corrected chi connectivity index (χ2v) is 15.2. The lowest BCUT2D eigenvalue weighted by Gasteiger charge is -2.20. The minimum Gasteiger partial charge on any atom is -0.480 e. The van der Waals surface area contributed by atoms with E-state index >= 15 is 0 Å². The van der Waals surface area contributed by atoms with Crippen molar-refractivity contribution >= 4 is 25.7 Å². The lowest BCUT2D eigenvalue weighted by molar-refractivity contribution is -0.161. The molecule has 0 bridgehead atoms. The summed E-state index contributed by atoms with van der Waals surface area (Å²) in [4.78, 5) is 45.9. The number of esters is 2.